The van der Waals surface area contributed by atoms with E-state index in [2.05, 4.69) is 10.1 Å². The molecule has 3 aromatic rings. The average Bonchev–Trinajstić information content (AvgIpc) is 3.34. The Morgan fingerprint density at radius 1 is 0.919 bits per heavy atom. The Morgan fingerprint density at radius 2 is 1.68 bits per heavy atom. The summed E-state index contributed by atoms with van der Waals surface area (Å²) in [7, 11) is 0. The number of amidine groups is 2. The minimum atomic E-state index is -0.494. The van der Waals surface area contributed by atoms with Crippen molar-refractivity contribution in [1.29, 1.82) is 5.41 Å². The second kappa shape index (κ2) is 11.1. The molecule has 186 valence electrons. The molecule has 2 aliphatic heterocycles. The molecule has 2 aliphatic rings. The third-order valence-corrected chi connectivity index (χ3v) is 6.30. The van der Waals surface area contributed by atoms with Crippen LogP contribution in [0, 0.1) is 5.41 Å². The molecule has 0 unspecified atom stereocenters. The number of amides is 1. The first-order chi connectivity index (χ1) is 18.1. The zero-order valence-corrected chi connectivity index (χ0v) is 20.9. The van der Waals surface area contributed by atoms with Crippen molar-refractivity contribution >= 4 is 39.8 Å². The molecule has 0 saturated heterocycles. The van der Waals surface area contributed by atoms with Crippen molar-refractivity contribution in [3.63, 3.8) is 0 Å². The number of nitrogens with one attached hydrogen (secondary N) is 1. The standard InChI is InChI=1S/C28H24N4O4S/c1-2-34-24-16-20(13-14-23(24)36-17-19-9-5-3-6-10-19)15-22-26(29)32-28(30-27(22)33)37-25(31-32)18-35-21-11-7-4-8-12-21/h3-16,29H,2,17-18H2,1H3/b22-15+,29-26?. The quantitative estimate of drug-likeness (QED) is 0.388. The van der Waals surface area contributed by atoms with Gasteiger partial charge in [0.15, 0.2) is 17.3 Å². The molecule has 1 amide bonds. The number of rotatable bonds is 9. The number of nitrogens with zero attached hydrogens (tertiary/aromatic N) is 3. The Labute approximate surface area is 218 Å². The Balaban J connectivity index is 1.32. The van der Waals surface area contributed by atoms with Gasteiger partial charge in [-0.2, -0.15) is 15.1 Å². The van der Waals surface area contributed by atoms with E-state index in [-0.39, 0.29) is 18.0 Å². The van der Waals surface area contributed by atoms with Crippen LogP contribution in [0.1, 0.15) is 18.1 Å². The summed E-state index contributed by atoms with van der Waals surface area (Å²) in [6.07, 6.45) is 1.62. The van der Waals surface area contributed by atoms with Gasteiger partial charge in [-0.15, -0.1) is 0 Å². The Morgan fingerprint density at radius 3 is 2.43 bits per heavy atom. The summed E-state index contributed by atoms with van der Waals surface area (Å²) in [5.41, 5.74) is 1.87. The number of hydrogen-bond donors (Lipinski definition) is 1. The van der Waals surface area contributed by atoms with E-state index < -0.39 is 5.91 Å². The highest BCUT2D eigenvalue weighted by Crippen LogP contribution is 2.32. The maximum absolute atomic E-state index is 12.8. The molecule has 37 heavy (non-hydrogen) atoms. The van der Waals surface area contributed by atoms with Gasteiger partial charge in [-0.05, 0) is 60.2 Å². The van der Waals surface area contributed by atoms with Crippen LogP contribution in [0.4, 0.5) is 0 Å². The number of carbonyl (C=O) groups excluding carboxylic acids is 1. The molecule has 0 bridgehead atoms. The summed E-state index contributed by atoms with van der Waals surface area (Å²) in [5.74, 6) is 1.33. The summed E-state index contributed by atoms with van der Waals surface area (Å²) in [4.78, 5) is 16.9. The van der Waals surface area contributed by atoms with Crippen molar-refractivity contribution in [2.75, 3.05) is 13.2 Å². The monoisotopic (exact) mass is 512 g/mol. The van der Waals surface area contributed by atoms with E-state index >= 15 is 0 Å². The van der Waals surface area contributed by atoms with Gasteiger partial charge < -0.3 is 14.2 Å². The largest absolute Gasteiger partial charge is 0.490 e. The number of aliphatic imine (C=N–C) groups is 1. The summed E-state index contributed by atoms with van der Waals surface area (Å²) >= 11 is 1.22. The van der Waals surface area contributed by atoms with Crippen LogP contribution in [-0.2, 0) is 11.4 Å². The molecule has 0 spiro atoms. The highest BCUT2D eigenvalue weighted by atomic mass is 32.2. The van der Waals surface area contributed by atoms with Crippen molar-refractivity contribution in [2.24, 2.45) is 10.1 Å². The van der Waals surface area contributed by atoms with Gasteiger partial charge in [-0.3, -0.25) is 10.2 Å². The van der Waals surface area contributed by atoms with Crippen molar-refractivity contribution in [2.45, 2.75) is 13.5 Å². The Bertz CT molecular complexity index is 1400. The first-order valence-corrected chi connectivity index (χ1v) is 12.5. The number of hydrazone groups is 1. The van der Waals surface area contributed by atoms with Gasteiger partial charge in [0.25, 0.3) is 5.91 Å². The van der Waals surface area contributed by atoms with E-state index in [1.54, 1.807) is 18.2 Å². The predicted octanol–water partition coefficient (Wildman–Crippen LogP) is 5.36. The third-order valence-electron chi connectivity index (χ3n) is 5.42. The van der Waals surface area contributed by atoms with Gasteiger partial charge in [0.05, 0.1) is 12.2 Å². The fourth-order valence-corrected chi connectivity index (χ4v) is 4.45. The lowest BCUT2D eigenvalue weighted by molar-refractivity contribution is -0.114. The molecule has 0 atom stereocenters. The number of carbonyl (C=O) groups is 1. The molecule has 0 aliphatic carbocycles. The molecular formula is C28H24N4O4S. The van der Waals surface area contributed by atoms with E-state index in [1.165, 1.54) is 16.8 Å². The number of fused-ring (bicyclic) bond motifs is 1. The van der Waals surface area contributed by atoms with E-state index in [1.807, 2.05) is 73.7 Å². The van der Waals surface area contributed by atoms with Gasteiger partial charge in [-0.1, -0.05) is 54.6 Å². The van der Waals surface area contributed by atoms with Gasteiger partial charge in [0, 0.05) is 0 Å². The van der Waals surface area contributed by atoms with Crippen LogP contribution in [-0.4, -0.2) is 40.2 Å². The maximum atomic E-state index is 12.8. The van der Waals surface area contributed by atoms with Crippen molar-refractivity contribution in [3.05, 3.63) is 95.6 Å². The lowest BCUT2D eigenvalue weighted by Gasteiger charge is -2.20. The van der Waals surface area contributed by atoms with Crippen LogP contribution in [0.3, 0.4) is 0 Å². The fourth-order valence-electron chi connectivity index (χ4n) is 3.66. The van der Waals surface area contributed by atoms with Crippen LogP contribution in [0.2, 0.25) is 0 Å². The van der Waals surface area contributed by atoms with Crippen LogP contribution in [0.5, 0.6) is 17.2 Å². The topological polar surface area (TPSA) is 96.6 Å². The van der Waals surface area contributed by atoms with Crippen molar-refractivity contribution in [1.82, 2.24) is 5.01 Å². The average molecular weight is 513 g/mol. The zero-order chi connectivity index (χ0) is 25.6. The minimum Gasteiger partial charge on any atom is -0.490 e. The van der Waals surface area contributed by atoms with Crippen LogP contribution in [0.25, 0.3) is 6.08 Å². The first kappa shape index (κ1) is 24.3. The van der Waals surface area contributed by atoms with E-state index in [0.717, 1.165) is 5.56 Å². The van der Waals surface area contributed by atoms with Crippen LogP contribution >= 0.6 is 11.8 Å². The van der Waals surface area contributed by atoms with E-state index in [0.29, 0.717) is 46.2 Å². The van der Waals surface area contributed by atoms with Crippen LogP contribution in [0.15, 0.2) is 94.5 Å². The number of benzene rings is 3. The van der Waals surface area contributed by atoms with Crippen LogP contribution < -0.4 is 14.2 Å². The molecule has 9 heteroatoms. The fraction of sp³-hybridized carbons (Fsp3) is 0.143. The van der Waals surface area contributed by atoms with Crippen molar-refractivity contribution in [3.8, 4) is 17.2 Å². The van der Waals surface area contributed by atoms with Gasteiger partial charge in [0.2, 0.25) is 5.17 Å². The minimum absolute atomic E-state index is 0.0421. The summed E-state index contributed by atoms with van der Waals surface area (Å²) in [6, 6.07) is 24.7. The second-order valence-electron chi connectivity index (χ2n) is 8.03. The lowest BCUT2D eigenvalue weighted by atomic mass is 10.1. The van der Waals surface area contributed by atoms with E-state index in [9.17, 15) is 4.79 Å². The first-order valence-electron chi connectivity index (χ1n) is 11.7. The molecule has 0 fully saturated rings. The molecule has 0 aromatic heterocycles. The molecule has 5 rings (SSSR count). The maximum Gasteiger partial charge on any atom is 0.283 e. The second-order valence-corrected chi connectivity index (χ2v) is 9.07. The number of hydrogen-bond acceptors (Lipinski definition) is 7. The molecule has 0 radical (unpaired) electrons. The Hall–Kier alpha value is -4.37. The molecule has 2 heterocycles. The number of ether oxygens (including phenoxy) is 3. The zero-order valence-electron chi connectivity index (χ0n) is 20.1. The number of thioether (sulfide) groups is 1. The normalized spacial score (nSPS) is 15.8. The highest BCUT2D eigenvalue weighted by Gasteiger charge is 2.35. The molecular weight excluding hydrogens is 488 g/mol. The highest BCUT2D eigenvalue weighted by molar-refractivity contribution is 8.27. The van der Waals surface area contributed by atoms with Gasteiger partial charge in [0.1, 0.15) is 24.0 Å². The summed E-state index contributed by atoms with van der Waals surface area (Å²) < 4.78 is 17.5. The predicted molar refractivity (Wildman–Crippen MR) is 145 cm³/mol. The summed E-state index contributed by atoms with van der Waals surface area (Å²) in [6.45, 7) is 2.97. The smallest absolute Gasteiger partial charge is 0.283 e. The lowest BCUT2D eigenvalue weighted by Crippen LogP contribution is -2.35. The molecule has 1 N–H and O–H groups in total. The van der Waals surface area contributed by atoms with Gasteiger partial charge in [-0.25, -0.2) is 0 Å². The molecule has 3 aromatic carbocycles. The molecule has 0 saturated carbocycles. The molecule has 8 nitrogen and oxygen atoms in total. The third kappa shape index (κ3) is 5.73. The SMILES string of the molecule is CCOc1cc(/C=C2\C(=N)N3N=C(COc4ccccc4)SC3=NC2=O)ccc1OCc1ccccc1. The van der Waals surface area contributed by atoms with Gasteiger partial charge >= 0.3 is 0 Å². The van der Waals surface area contributed by atoms with E-state index in [4.69, 9.17) is 19.6 Å². The summed E-state index contributed by atoms with van der Waals surface area (Å²) in [5, 5.41) is 15.4. The number of para-hydroxylation sites is 1. The van der Waals surface area contributed by atoms with Crippen molar-refractivity contribution < 1.29 is 19.0 Å². The Kier molecular flexibility index (Phi) is 7.32.